The van der Waals surface area contributed by atoms with Crippen LogP contribution in [0.3, 0.4) is 0 Å². The van der Waals surface area contributed by atoms with Crippen LogP contribution in [0.4, 0.5) is 5.13 Å². The SMILES string of the molecule is C=CCOC(=O)c1sc(N2C(=O)C(=O)/C(=C(/O)c3ccc(OCc4ccccc4C)cc3)C2c2cccc(Oc3ccccc3)c2)nc1C. The molecule has 1 unspecified atom stereocenters. The number of nitrogens with zero attached hydrogens (tertiary/aromatic N) is 2. The van der Waals surface area contributed by atoms with Crippen LogP contribution in [0.25, 0.3) is 5.76 Å². The maximum Gasteiger partial charge on any atom is 0.350 e. The second kappa shape index (κ2) is 14.4. The number of thiazole rings is 1. The van der Waals surface area contributed by atoms with E-state index in [4.69, 9.17) is 14.2 Å². The number of aliphatic hydroxyl groups is 1. The van der Waals surface area contributed by atoms with Crippen molar-refractivity contribution >= 4 is 39.9 Å². The largest absolute Gasteiger partial charge is 0.507 e. The van der Waals surface area contributed by atoms with Crippen molar-refractivity contribution < 1.29 is 33.7 Å². The van der Waals surface area contributed by atoms with Crippen molar-refractivity contribution in [1.82, 2.24) is 4.98 Å². The van der Waals surface area contributed by atoms with Crippen molar-refractivity contribution in [3.63, 3.8) is 0 Å². The van der Waals surface area contributed by atoms with Crippen LogP contribution < -0.4 is 14.4 Å². The smallest absolute Gasteiger partial charge is 0.350 e. The molecule has 10 heteroatoms. The Bertz CT molecular complexity index is 2070. The van der Waals surface area contributed by atoms with E-state index in [9.17, 15) is 19.5 Å². The van der Waals surface area contributed by atoms with Crippen LogP contribution in [-0.4, -0.2) is 34.4 Å². The normalized spacial score (nSPS) is 15.2. The van der Waals surface area contributed by atoms with Crippen LogP contribution in [0, 0.1) is 13.8 Å². The van der Waals surface area contributed by atoms with Crippen molar-refractivity contribution in [3.05, 3.63) is 154 Å². The topological polar surface area (TPSA) is 115 Å². The molecule has 1 N–H and O–H groups in total. The van der Waals surface area contributed by atoms with Crippen LogP contribution in [-0.2, 0) is 20.9 Å². The zero-order valence-electron chi connectivity index (χ0n) is 26.8. The Balaban J connectivity index is 1.39. The van der Waals surface area contributed by atoms with E-state index in [1.54, 1.807) is 67.6 Å². The summed E-state index contributed by atoms with van der Waals surface area (Å²) < 4.78 is 17.2. The highest BCUT2D eigenvalue weighted by molar-refractivity contribution is 7.17. The van der Waals surface area contributed by atoms with Gasteiger partial charge in [-0.2, -0.15) is 0 Å². The van der Waals surface area contributed by atoms with Gasteiger partial charge < -0.3 is 19.3 Å². The quantitative estimate of drug-likeness (QED) is 0.0492. The molecule has 49 heavy (non-hydrogen) atoms. The second-order valence-electron chi connectivity index (χ2n) is 11.2. The molecule has 1 aliphatic rings. The highest BCUT2D eigenvalue weighted by Crippen LogP contribution is 2.45. The van der Waals surface area contributed by atoms with E-state index < -0.39 is 23.7 Å². The van der Waals surface area contributed by atoms with E-state index in [1.165, 1.54) is 11.0 Å². The molecule has 0 radical (unpaired) electrons. The number of ether oxygens (including phenoxy) is 3. The average molecular weight is 673 g/mol. The number of hydrogen-bond acceptors (Lipinski definition) is 9. The van der Waals surface area contributed by atoms with Gasteiger partial charge in [-0.3, -0.25) is 14.5 Å². The summed E-state index contributed by atoms with van der Waals surface area (Å²) in [4.78, 5) is 46.2. The molecule has 0 spiro atoms. The Morgan fingerprint density at radius 3 is 2.37 bits per heavy atom. The van der Waals surface area contributed by atoms with Crippen molar-refractivity contribution in [2.24, 2.45) is 0 Å². The fraction of sp³-hybridized carbons (Fsp3) is 0.128. The van der Waals surface area contributed by atoms with Crippen molar-refractivity contribution in [3.8, 4) is 17.2 Å². The lowest BCUT2D eigenvalue weighted by Gasteiger charge is -2.23. The number of anilines is 1. The Kier molecular flexibility index (Phi) is 9.68. The third-order valence-corrected chi connectivity index (χ3v) is 9.03. The lowest BCUT2D eigenvalue weighted by atomic mass is 9.95. The first-order valence-corrected chi connectivity index (χ1v) is 16.2. The summed E-state index contributed by atoms with van der Waals surface area (Å²) in [5.74, 6) is -1.19. The zero-order chi connectivity index (χ0) is 34.5. The number of hydrogen-bond donors (Lipinski definition) is 1. The number of para-hydroxylation sites is 1. The van der Waals surface area contributed by atoms with Gasteiger partial charge >= 0.3 is 11.9 Å². The average Bonchev–Trinajstić information content (AvgIpc) is 3.63. The summed E-state index contributed by atoms with van der Waals surface area (Å²) in [5, 5.41) is 11.8. The van der Waals surface area contributed by atoms with E-state index in [2.05, 4.69) is 11.6 Å². The molecule has 0 saturated carbocycles. The van der Waals surface area contributed by atoms with Gasteiger partial charge in [0, 0.05) is 5.56 Å². The lowest BCUT2D eigenvalue weighted by molar-refractivity contribution is -0.132. The molecule has 1 aliphatic heterocycles. The number of ketones is 1. The van der Waals surface area contributed by atoms with E-state index in [0.717, 1.165) is 22.5 Å². The summed E-state index contributed by atoms with van der Waals surface area (Å²) in [7, 11) is 0. The first kappa shape index (κ1) is 32.9. The van der Waals surface area contributed by atoms with E-state index in [0.29, 0.717) is 40.7 Å². The minimum atomic E-state index is -1.10. The molecule has 4 aromatic carbocycles. The van der Waals surface area contributed by atoms with Crippen molar-refractivity contribution in [1.29, 1.82) is 0 Å². The molecule has 2 heterocycles. The molecule has 5 aromatic rings. The predicted octanol–water partition coefficient (Wildman–Crippen LogP) is 8.10. The molecular formula is C39H32N2O7S. The molecule has 1 atom stereocenters. The maximum absolute atomic E-state index is 13.8. The molecule has 246 valence electrons. The number of carbonyl (C=O) groups is 3. The zero-order valence-corrected chi connectivity index (χ0v) is 27.6. The number of aromatic nitrogens is 1. The number of amides is 1. The molecule has 6 rings (SSSR count). The van der Waals surface area contributed by atoms with Gasteiger partial charge in [-0.25, -0.2) is 9.78 Å². The summed E-state index contributed by atoms with van der Waals surface area (Å²) in [6.45, 7) is 7.56. The first-order valence-electron chi connectivity index (χ1n) is 15.4. The third-order valence-electron chi connectivity index (χ3n) is 7.89. The van der Waals surface area contributed by atoms with Gasteiger partial charge in [0.1, 0.15) is 41.1 Å². The van der Waals surface area contributed by atoms with E-state index in [1.807, 2.05) is 49.4 Å². The predicted molar refractivity (Wildman–Crippen MR) is 187 cm³/mol. The molecule has 1 saturated heterocycles. The Morgan fingerprint density at radius 1 is 0.918 bits per heavy atom. The van der Waals surface area contributed by atoms with Crippen molar-refractivity contribution in [2.75, 3.05) is 11.5 Å². The first-order chi connectivity index (χ1) is 23.7. The lowest BCUT2D eigenvalue weighted by Crippen LogP contribution is -2.29. The van der Waals surface area contributed by atoms with Crippen LogP contribution in [0.2, 0.25) is 0 Å². The fourth-order valence-electron chi connectivity index (χ4n) is 5.39. The standard InChI is InChI=1S/C39H32N2O7S/c1-4-21-46-38(45)36-25(3)40-39(49-36)41-33(27-13-10-16-31(22-27)48-30-14-6-5-7-15-30)32(35(43)37(41)44)34(42)26-17-19-29(20-18-26)47-23-28-12-9-8-11-24(28)2/h4-20,22,33,42H,1,21,23H2,2-3H3/b34-32+. The molecule has 1 fully saturated rings. The number of esters is 1. The Labute approximate surface area is 287 Å². The monoisotopic (exact) mass is 672 g/mol. The Morgan fingerprint density at radius 2 is 1.63 bits per heavy atom. The molecular weight excluding hydrogens is 641 g/mol. The maximum atomic E-state index is 13.8. The Hall–Kier alpha value is -6.00. The number of carbonyl (C=O) groups excluding carboxylic acids is 3. The van der Waals surface area contributed by atoms with Gasteiger partial charge in [-0.1, -0.05) is 78.6 Å². The van der Waals surface area contributed by atoms with Crippen LogP contribution in [0.5, 0.6) is 17.2 Å². The molecule has 9 nitrogen and oxygen atoms in total. The van der Waals surface area contributed by atoms with E-state index in [-0.39, 0.29) is 27.9 Å². The van der Waals surface area contributed by atoms with Crippen LogP contribution in [0.15, 0.2) is 121 Å². The van der Waals surface area contributed by atoms with Gasteiger partial charge in [0.05, 0.1) is 17.3 Å². The van der Waals surface area contributed by atoms with Gasteiger partial charge in [-0.05, 0) is 79.1 Å². The molecule has 1 aromatic heterocycles. The van der Waals surface area contributed by atoms with Crippen LogP contribution >= 0.6 is 11.3 Å². The number of rotatable bonds is 11. The number of Topliss-reactive ketones (excluding diaryl/α,β-unsaturated/α-hetero) is 1. The van der Waals surface area contributed by atoms with Gasteiger partial charge in [-0.15, -0.1) is 0 Å². The van der Waals surface area contributed by atoms with Gasteiger partial charge in [0.25, 0.3) is 5.78 Å². The van der Waals surface area contributed by atoms with Crippen LogP contribution in [0.1, 0.15) is 43.7 Å². The fourth-order valence-corrected chi connectivity index (χ4v) is 6.38. The van der Waals surface area contributed by atoms with Gasteiger partial charge in [0.15, 0.2) is 5.13 Å². The number of benzene rings is 4. The van der Waals surface area contributed by atoms with E-state index >= 15 is 0 Å². The minimum Gasteiger partial charge on any atom is -0.507 e. The third kappa shape index (κ3) is 7.00. The number of aryl methyl sites for hydroxylation is 2. The summed E-state index contributed by atoms with van der Waals surface area (Å²) in [6.07, 6.45) is 1.45. The highest BCUT2D eigenvalue weighted by atomic mass is 32.1. The summed E-state index contributed by atoms with van der Waals surface area (Å²) in [5.41, 5.74) is 3.14. The molecule has 0 aliphatic carbocycles. The summed E-state index contributed by atoms with van der Waals surface area (Å²) >= 11 is 0.923. The summed E-state index contributed by atoms with van der Waals surface area (Å²) in [6, 6.07) is 29.5. The number of aliphatic hydroxyl groups excluding tert-OH is 1. The minimum absolute atomic E-state index is 0.0000462. The second-order valence-corrected chi connectivity index (χ2v) is 12.2. The van der Waals surface area contributed by atoms with Gasteiger partial charge in [0.2, 0.25) is 0 Å². The van der Waals surface area contributed by atoms with Crippen molar-refractivity contribution in [2.45, 2.75) is 26.5 Å². The highest BCUT2D eigenvalue weighted by Gasteiger charge is 2.48. The molecule has 0 bridgehead atoms. The molecule has 1 amide bonds.